The second-order valence-corrected chi connectivity index (χ2v) is 0.665. The molecule has 0 aromatic carbocycles. The topological polar surface area (TPSA) is 37.3 Å². The summed E-state index contributed by atoms with van der Waals surface area (Å²) >= 11 is 2.88. The third-order valence-electron chi connectivity index (χ3n) is 0. The van der Waals surface area contributed by atoms with Gasteiger partial charge in [-0.25, -0.2) is 4.79 Å². The summed E-state index contributed by atoms with van der Waals surface area (Å²) in [5.41, 5.74) is 0. The first-order valence-corrected chi connectivity index (χ1v) is 1.10. The molecule has 0 aliphatic rings. The van der Waals surface area contributed by atoms with Gasteiger partial charge in [0.1, 0.15) is 0 Å². The van der Waals surface area contributed by atoms with Crippen LogP contribution >= 0.6 is 12.6 Å². The molecular formula is CH2O2SSb. The van der Waals surface area contributed by atoms with Crippen molar-refractivity contribution in [3.63, 3.8) is 0 Å². The fraction of sp³-hybridized carbons (Fsp3) is 0. The van der Waals surface area contributed by atoms with Crippen LogP contribution in [0.15, 0.2) is 0 Å². The normalized spacial score (nSPS) is 5.00. The summed E-state index contributed by atoms with van der Waals surface area (Å²) in [6.07, 6.45) is 0. The molecule has 0 rings (SSSR count). The van der Waals surface area contributed by atoms with Crippen LogP contribution in [-0.4, -0.2) is 34.8 Å². The van der Waals surface area contributed by atoms with Crippen molar-refractivity contribution in [2.45, 2.75) is 0 Å². The van der Waals surface area contributed by atoms with E-state index in [2.05, 4.69) is 12.6 Å². The fourth-order valence-corrected chi connectivity index (χ4v) is 0. The molecule has 0 spiro atoms. The van der Waals surface area contributed by atoms with Gasteiger partial charge in [0, 0.05) is 24.4 Å². The third kappa shape index (κ3) is 79.3. The van der Waals surface area contributed by atoms with Gasteiger partial charge in [-0.1, -0.05) is 12.6 Å². The molecule has 0 atom stereocenters. The predicted octanol–water partition coefficient (Wildman–Crippen LogP) is 0.213. The van der Waals surface area contributed by atoms with Crippen LogP contribution < -0.4 is 0 Å². The quantitative estimate of drug-likeness (QED) is 0.433. The minimum Gasteiger partial charge on any atom is -0.473 e. The van der Waals surface area contributed by atoms with Crippen LogP contribution in [0.1, 0.15) is 0 Å². The minimum absolute atomic E-state index is 0. The molecule has 4 heteroatoms. The van der Waals surface area contributed by atoms with Gasteiger partial charge in [-0.3, -0.25) is 0 Å². The molecule has 0 unspecified atom stereocenters. The van der Waals surface area contributed by atoms with Gasteiger partial charge in [-0.15, -0.1) is 0 Å². The van der Waals surface area contributed by atoms with Gasteiger partial charge in [0.2, 0.25) is 0 Å². The zero-order chi connectivity index (χ0) is 3.58. The number of hydrogen-bond acceptors (Lipinski definition) is 1. The molecule has 0 fully saturated rings. The Kier molecular flexibility index (Phi) is 8.50. The van der Waals surface area contributed by atoms with Crippen molar-refractivity contribution in [3.8, 4) is 0 Å². The maximum Gasteiger partial charge on any atom is 0.361 e. The fourth-order valence-electron chi connectivity index (χ4n) is 0. The first-order chi connectivity index (χ1) is 1.73. The average Bonchev–Trinajstić information content (AvgIpc) is 0.811. The Labute approximate surface area is 52.4 Å². The zero-order valence-electron chi connectivity index (χ0n) is 2.25. The standard InChI is InChI=1S/CH2O2S.Sb/c2-1(3)4;/h4H,(H,2,3);. The molecule has 0 saturated carbocycles. The van der Waals surface area contributed by atoms with Crippen molar-refractivity contribution in [2.75, 3.05) is 0 Å². The van der Waals surface area contributed by atoms with Crippen LogP contribution in [0.25, 0.3) is 0 Å². The molecule has 0 heterocycles. The first kappa shape index (κ1) is 9.16. The summed E-state index contributed by atoms with van der Waals surface area (Å²) in [7, 11) is 0. The van der Waals surface area contributed by atoms with Gasteiger partial charge in [-0.2, -0.15) is 0 Å². The van der Waals surface area contributed by atoms with E-state index in [0.29, 0.717) is 0 Å². The minimum atomic E-state index is -1.14. The number of rotatable bonds is 0. The van der Waals surface area contributed by atoms with Crippen molar-refractivity contribution < 1.29 is 9.90 Å². The Morgan fingerprint density at radius 1 is 1.80 bits per heavy atom. The predicted molar refractivity (Wildman–Crippen MR) is 22.8 cm³/mol. The Bertz CT molecular complexity index is 32.6. The van der Waals surface area contributed by atoms with E-state index in [1.807, 2.05) is 0 Å². The summed E-state index contributed by atoms with van der Waals surface area (Å²) in [4.78, 5) is 8.86. The van der Waals surface area contributed by atoms with Crippen molar-refractivity contribution in [3.05, 3.63) is 0 Å². The summed E-state index contributed by atoms with van der Waals surface area (Å²) in [5.74, 6) is 0. The molecule has 1 N–H and O–H groups in total. The van der Waals surface area contributed by atoms with Crippen LogP contribution in [0, 0.1) is 0 Å². The van der Waals surface area contributed by atoms with Crippen molar-refractivity contribution in [2.24, 2.45) is 0 Å². The van der Waals surface area contributed by atoms with Crippen molar-refractivity contribution in [1.29, 1.82) is 0 Å². The van der Waals surface area contributed by atoms with Gasteiger partial charge in [-0.05, 0) is 0 Å². The SMILES string of the molecule is O=C(O)S.[Sb]. The third-order valence-corrected chi connectivity index (χ3v) is 0. The van der Waals surface area contributed by atoms with E-state index in [1.165, 1.54) is 0 Å². The molecule has 3 radical (unpaired) electrons. The van der Waals surface area contributed by atoms with Crippen LogP contribution in [0.2, 0.25) is 0 Å². The smallest absolute Gasteiger partial charge is 0.361 e. The maximum atomic E-state index is 8.86. The molecule has 5 heavy (non-hydrogen) atoms. The summed E-state index contributed by atoms with van der Waals surface area (Å²) in [5, 5.41) is 6.14. The molecule has 2 nitrogen and oxygen atoms in total. The van der Waals surface area contributed by atoms with E-state index in [-0.39, 0.29) is 24.4 Å². The molecule has 0 aliphatic carbocycles. The van der Waals surface area contributed by atoms with Gasteiger partial charge < -0.3 is 5.11 Å². The molecule has 0 bridgehead atoms. The second-order valence-electron chi connectivity index (χ2n) is 0.283. The van der Waals surface area contributed by atoms with E-state index in [4.69, 9.17) is 9.90 Å². The summed E-state index contributed by atoms with van der Waals surface area (Å²) in [6.45, 7) is 0. The number of thiol groups is 1. The number of carboxylic acid groups (broad SMARTS) is 1. The van der Waals surface area contributed by atoms with E-state index in [0.717, 1.165) is 0 Å². The second kappa shape index (κ2) is 4.64. The van der Waals surface area contributed by atoms with E-state index >= 15 is 0 Å². The molecule has 0 saturated heterocycles. The average molecular weight is 200 g/mol. The summed E-state index contributed by atoms with van der Waals surface area (Å²) < 4.78 is 0. The van der Waals surface area contributed by atoms with E-state index < -0.39 is 5.30 Å². The van der Waals surface area contributed by atoms with Gasteiger partial charge in [0.25, 0.3) is 0 Å². The summed E-state index contributed by atoms with van der Waals surface area (Å²) in [6, 6.07) is 0. The van der Waals surface area contributed by atoms with Crippen LogP contribution in [-0.2, 0) is 0 Å². The molecule has 29 valence electrons. The van der Waals surface area contributed by atoms with Crippen molar-refractivity contribution >= 4 is 42.4 Å². The number of carbonyl (C=O) groups is 1. The molecular weight excluding hydrogens is 198 g/mol. The van der Waals surface area contributed by atoms with Crippen LogP contribution in [0.4, 0.5) is 4.79 Å². The zero-order valence-corrected chi connectivity index (χ0v) is 5.70. The number of hydrogen-bond donors (Lipinski definition) is 2. The Balaban J connectivity index is 0. The Morgan fingerprint density at radius 3 is 1.80 bits per heavy atom. The molecule has 0 amide bonds. The monoisotopic (exact) mass is 199 g/mol. The first-order valence-electron chi connectivity index (χ1n) is 0.651. The largest absolute Gasteiger partial charge is 0.473 e. The van der Waals surface area contributed by atoms with Gasteiger partial charge >= 0.3 is 5.30 Å². The van der Waals surface area contributed by atoms with Crippen molar-refractivity contribution in [1.82, 2.24) is 0 Å². The Morgan fingerprint density at radius 2 is 1.80 bits per heavy atom. The van der Waals surface area contributed by atoms with E-state index in [9.17, 15) is 0 Å². The van der Waals surface area contributed by atoms with Crippen LogP contribution in [0.5, 0.6) is 0 Å². The maximum absolute atomic E-state index is 8.86. The van der Waals surface area contributed by atoms with E-state index in [1.54, 1.807) is 0 Å². The van der Waals surface area contributed by atoms with Gasteiger partial charge in [0.05, 0.1) is 0 Å². The molecule has 0 aromatic rings. The van der Waals surface area contributed by atoms with Gasteiger partial charge in [0.15, 0.2) is 0 Å². The molecule has 0 aromatic heterocycles. The Hall–Kier alpha value is 0.638. The van der Waals surface area contributed by atoms with Crippen LogP contribution in [0.3, 0.4) is 0 Å². The molecule has 0 aliphatic heterocycles.